The molecular weight excluding hydrogens is 386 g/mol. The SMILES string of the molecule is CN(C)CCCNC(=S)Nc1ccc(Oc2ccc(Br)cc2)cc1. The van der Waals surface area contributed by atoms with Gasteiger partial charge in [-0.2, -0.15) is 0 Å². The minimum absolute atomic E-state index is 0.635. The van der Waals surface area contributed by atoms with E-state index in [9.17, 15) is 0 Å². The monoisotopic (exact) mass is 407 g/mol. The van der Waals surface area contributed by atoms with Crippen molar-refractivity contribution < 1.29 is 4.74 Å². The van der Waals surface area contributed by atoms with Crippen molar-refractivity contribution in [2.45, 2.75) is 6.42 Å². The van der Waals surface area contributed by atoms with Crippen LogP contribution in [0.2, 0.25) is 0 Å². The van der Waals surface area contributed by atoms with Gasteiger partial charge in [-0.25, -0.2) is 0 Å². The molecule has 2 rings (SSSR count). The van der Waals surface area contributed by atoms with Gasteiger partial charge in [-0.15, -0.1) is 0 Å². The Balaban J connectivity index is 1.79. The second-order valence-electron chi connectivity index (χ2n) is 5.62. The number of hydrogen-bond acceptors (Lipinski definition) is 3. The molecule has 0 saturated carbocycles. The van der Waals surface area contributed by atoms with Crippen LogP contribution in [0.1, 0.15) is 6.42 Å². The number of thiocarbonyl (C=S) groups is 1. The molecule has 0 aromatic heterocycles. The quantitative estimate of drug-likeness (QED) is 0.522. The summed E-state index contributed by atoms with van der Waals surface area (Å²) in [5, 5.41) is 7.01. The van der Waals surface area contributed by atoms with E-state index >= 15 is 0 Å². The molecular formula is C18H22BrN3OS. The molecule has 2 aromatic rings. The molecule has 0 amide bonds. The number of anilines is 1. The maximum Gasteiger partial charge on any atom is 0.170 e. The summed E-state index contributed by atoms with van der Waals surface area (Å²) in [5.74, 6) is 1.59. The molecule has 0 unspecified atom stereocenters. The lowest BCUT2D eigenvalue weighted by Gasteiger charge is -2.13. The topological polar surface area (TPSA) is 36.5 Å². The Morgan fingerprint density at radius 3 is 2.21 bits per heavy atom. The predicted octanol–water partition coefficient (Wildman–Crippen LogP) is 4.48. The Labute approximate surface area is 157 Å². The zero-order chi connectivity index (χ0) is 17.4. The molecule has 0 radical (unpaired) electrons. The number of hydrogen-bond donors (Lipinski definition) is 2. The molecule has 0 spiro atoms. The van der Waals surface area contributed by atoms with Crippen LogP contribution in [-0.4, -0.2) is 37.2 Å². The van der Waals surface area contributed by atoms with E-state index in [2.05, 4.69) is 45.6 Å². The summed E-state index contributed by atoms with van der Waals surface area (Å²) in [4.78, 5) is 2.16. The lowest BCUT2D eigenvalue weighted by Crippen LogP contribution is -2.30. The number of halogens is 1. The number of ether oxygens (including phenoxy) is 1. The average molecular weight is 408 g/mol. The molecule has 0 saturated heterocycles. The van der Waals surface area contributed by atoms with E-state index in [-0.39, 0.29) is 0 Å². The van der Waals surface area contributed by atoms with Gasteiger partial charge in [0.05, 0.1) is 0 Å². The Bertz CT molecular complexity index is 644. The van der Waals surface area contributed by atoms with Crippen LogP contribution in [0, 0.1) is 0 Å². The molecule has 2 N–H and O–H groups in total. The molecule has 0 bridgehead atoms. The lowest BCUT2D eigenvalue weighted by atomic mass is 10.3. The molecule has 4 nitrogen and oxygen atoms in total. The largest absolute Gasteiger partial charge is 0.457 e. The zero-order valence-corrected chi connectivity index (χ0v) is 16.3. The van der Waals surface area contributed by atoms with Gasteiger partial charge >= 0.3 is 0 Å². The van der Waals surface area contributed by atoms with E-state index in [1.165, 1.54) is 0 Å². The number of nitrogens with one attached hydrogen (secondary N) is 2. The molecule has 2 aromatic carbocycles. The molecule has 0 aliphatic heterocycles. The van der Waals surface area contributed by atoms with E-state index in [4.69, 9.17) is 17.0 Å². The van der Waals surface area contributed by atoms with E-state index < -0.39 is 0 Å². The van der Waals surface area contributed by atoms with Gasteiger partial charge in [-0.1, -0.05) is 15.9 Å². The van der Waals surface area contributed by atoms with Crippen LogP contribution < -0.4 is 15.4 Å². The van der Waals surface area contributed by atoms with E-state index in [0.717, 1.165) is 41.2 Å². The maximum atomic E-state index is 5.79. The minimum Gasteiger partial charge on any atom is -0.457 e. The van der Waals surface area contributed by atoms with Crippen molar-refractivity contribution in [3.63, 3.8) is 0 Å². The van der Waals surface area contributed by atoms with Gasteiger partial charge in [-0.05, 0) is 87.8 Å². The van der Waals surface area contributed by atoms with Crippen LogP contribution in [0.5, 0.6) is 11.5 Å². The fourth-order valence-corrected chi connectivity index (χ4v) is 2.50. The molecule has 128 valence electrons. The van der Waals surface area contributed by atoms with E-state index in [0.29, 0.717) is 5.11 Å². The molecule has 6 heteroatoms. The highest BCUT2D eigenvalue weighted by Crippen LogP contribution is 2.24. The number of nitrogens with zero attached hydrogens (tertiary/aromatic N) is 1. The second kappa shape index (κ2) is 9.61. The Hall–Kier alpha value is -1.63. The minimum atomic E-state index is 0.635. The van der Waals surface area contributed by atoms with Gasteiger partial charge < -0.3 is 20.3 Å². The van der Waals surface area contributed by atoms with Crippen LogP contribution in [0.15, 0.2) is 53.0 Å². The highest BCUT2D eigenvalue weighted by atomic mass is 79.9. The summed E-state index contributed by atoms with van der Waals surface area (Å²) in [6, 6.07) is 15.5. The van der Waals surface area contributed by atoms with Crippen LogP contribution in [0.4, 0.5) is 5.69 Å². The first kappa shape index (κ1) is 18.7. The Morgan fingerprint density at radius 1 is 1.04 bits per heavy atom. The Kier molecular flexibility index (Phi) is 7.49. The molecule has 0 aliphatic rings. The van der Waals surface area contributed by atoms with Crippen molar-refractivity contribution in [1.82, 2.24) is 10.2 Å². The van der Waals surface area contributed by atoms with Crippen molar-refractivity contribution in [2.24, 2.45) is 0 Å². The smallest absolute Gasteiger partial charge is 0.170 e. The van der Waals surface area contributed by atoms with Crippen LogP contribution in [-0.2, 0) is 0 Å². The van der Waals surface area contributed by atoms with Gasteiger partial charge in [0.15, 0.2) is 5.11 Å². The first-order valence-corrected chi connectivity index (χ1v) is 8.96. The third kappa shape index (κ3) is 6.86. The highest BCUT2D eigenvalue weighted by molar-refractivity contribution is 9.10. The first-order valence-electron chi connectivity index (χ1n) is 7.76. The second-order valence-corrected chi connectivity index (χ2v) is 6.94. The fraction of sp³-hybridized carbons (Fsp3) is 0.278. The molecule has 0 aliphatic carbocycles. The molecule has 24 heavy (non-hydrogen) atoms. The van der Waals surface area contributed by atoms with E-state index in [1.54, 1.807) is 0 Å². The average Bonchev–Trinajstić information content (AvgIpc) is 2.55. The third-order valence-electron chi connectivity index (χ3n) is 3.23. The number of rotatable bonds is 7. The normalized spacial score (nSPS) is 10.5. The summed E-state index contributed by atoms with van der Waals surface area (Å²) < 4.78 is 6.82. The predicted molar refractivity (Wildman–Crippen MR) is 108 cm³/mol. The maximum absolute atomic E-state index is 5.79. The summed E-state index contributed by atoms with van der Waals surface area (Å²) in [6.45, 7) is 1.90. The van der Waals surface area contributed by atoms with Gasteiger partial charge in [0.1, 0.15) is 11.5 Å². The zero-order valence-electron chi connectivity index (χ0n) is 13.9. The van der Waals surface area contributed by atoms with Crippen molar-refractivity contribution >= 4 is 38.9 Å². The van der Waals surface area contributed by atoms with Crippen molar-refractivity contribution in [3.05, 3.63) is 53.0 Å². The van der Waals surface area contributed by atoms with Gasteiger partial charge in [0.25, 0.3) is 0 Å². The standard InChI is InChI=1S/C18H22BrN3OS/c1-22(2)13-3-12-20-18(24)21-15-6-10-17(11-7-15)23-16-8-4-14(19)5-9-16/h4-11H,3,12-13H2,1-2H3,(H2,20,21,24). The molecule has 0 heterocycles. The lowest BCUT2D eigenvalue weighted by molar-refractivity contribution is 0.400. The number of benzene rings is 2. The summed E-state index contributed by atoms with van der Waals surface area (Å²) >= 11 is 8.70. The van der Waals surface area contributed by atoms with Gasteiger partial charge in [0, 0.05) is 16.7 Å². The molecule has 0 fully saturated rings. The molecule has 0 atom stereocenters. The van der Waals surface area contributed by atoms with Crippen LogP contribution in [0.3, 0.4) is 0 Å². The first-order chi connectivity index (χ1) is 11.5. The van der Waals surface area contributed by atoms with E-state index in [1.807, 2.05) is 48.5 Å². The van der Waals surface area contributed by atoms with Crippen LogP contribution >= 0.6 is 28.1 Å². The van der Waals surface area contributed by atoms with Crippen molar-refractivity contribution in [3.8, 4) is 11.5 Å². The fourth-order valence-electron chi connectivity index (χ4n) is 2.02. The summed E-state index contributed by atoms with van der Waals surface area (Å²) in [5.41, 5.74) is 0.934. The van der Waals surface area contributed by atoms with Crippen molar-refractivity contribution in [2.75, 3.05) is 32.5 Å². The highest BCUT2D eigenvalue weighted by Gasteiger charge is 2.00. The van der Waals surface area contributed by atoms with Crippen molar-refractivity contribution in [1.29, 1.82) is 0 Å². The Morgan fingerprint density at radius 2 is 1.62 bits per heavy atom. The van der Waals surface area contributed by atoms with Gasteiger partial charge in [0.2, 0.25) is 0 Å². The summed E-state index contributed by atoms with van der Waals surface area (Å²) in [7, 11) is 4.13. The summed E-state index contributed by atoms with van der Waals surface area (Å²) in [6.07, 6.45) is 1.05. The third-order valence-corrected chi connectivity index (χ3v) is 4.00. The van der Waals surface area contributed by atoms with Gasteiger partial charge in [-0.3, -0.25) is 0 Å². The van der Waals surface area contributed by atoms with Crippen LogP contribution in [0.25, 0.3) is 0 Å².